The van der Waals surface area contributed by atoms with Crippen LogP contribution in [0.3, 0.4) is 0 Å². The molecular formula is C12H22. The first kappa shape index (κ1) is 11.5. The third-order valence-electron chi connectivity index (χ3n) is 2.15. The van der Waals surface area contributed by atoms with E-state index in [9.17, 15) is 0 Å². The maximum atomic E-state index is 2.28. The summed E-state index contributed by atoms with van der Waals surface area (Å²) in [5, 5.41) is 0. The molecule has 0 heterocycles. The minimum absolute atomic E-state index is 0.308. The first-order valence-electron chi connectivity index (χ1n) is 4.73. The fraction of sp³-hybridized carbons (Fsp3) is 0.667. The van der Waals surface area contributed by atoms with E-state index in [1.165, 1.54) is 11.1 Å². The zero-order valence-electron chi connectivity index (χ0n) is 9.36. The van der Waals surface area contributed by atoms with Gasteiger partial charge in [-0.15, -0.1) is 0 Å². The highest BCUT2D eigenvalue weighted by molar-refractivity contribution is 5.23. The van der Waals surface area contributed by atoms with E-state index in [0.717, 1.165) is 6.42 Å². The molecule has 0 aliphatic rings. The van der Waals surface area contributed by atoms with Crippen LogP contribution in [-0.4, -0.2) is 0 Å². The summed E-state index contributed by atoms with van der Waals surface area (Å²) in [7, 11) is 0. The van der Waals surface area contributed by atoms with Gasteiger partial charge in [0.1, 0.15) is 0 Å². The van der Waals surface area contributed by atoms with E-state index in [4.69, 9.17) is 0 Å². The lowest BCUT2D eigenvalue weighted by molar-refractivity contribution is 0.503. The van der Waals surface area contributed by atoms with Crippen molar-refractivity contribution in [1.29, 1.82) is 0 Å². The SMILES string of the molecule is CCC=C(C)C=C(C)C(C)(C)C. The van der Waals surface area contributed by atoms with Crippen LogP contribution in [0.2, 0.25) is 0 Å². The summed E-state index contributed by atoms with van der Waals surface area (Å²) in [6.07, 6.45) is 5.67. The van der Waals surface area contributed by atoms with Crippen molar-refractivity contribution in [2.75, 3.05) is 0 Å². The molecule has 0 unspecified atom stereocenters. The fourth-order valence-corrected chi connectivity index (χ4v) is 0.939. The number of hydrogen-bond acceptors (Lipinski definition) is 0. The van der Waals surface area contributed by atoms with Gasteiger partial charge >= 0.3 is 0 Å². The lowest BCUT2D eigenvalue weighted by Gasteiger charge is -2.19. The minimum atomic E-state index is 0.308. The largest absolute Gasteiger partial charge is 0.0819 e. The third-order valence-corrected chi connectivity index (χ3v) is 2.15. The molecule has 0 aliphatic heterocycles. The van der Waals surface area contributed by atoms with E-state index < -0.39 is 0 Å². The minimum Gasteiger partial charge on any atom is -0.0819 e. The zero-order valence-corrected chi connectivity index (χ0v) is 9.36. The molecular weight excluding hydrogens is 144 g/mol. The van der Waals surface area contributed by atoms with Gasteiger partial charge in [0.25, 0.3) is 0 Å². The van der Waals surface area contributed by atoms with Gasteiger partial charge in [-0.25, -0.2) is 0 Å². The molecule has 0 fully saturated rings. The Labute approximate surface area is 77.4 Å². The van der Waals surface area contributed by atoms with E-state index in [-0.39, 0.29) is 0 Å². The molecule has 0 heteroatoms. The molecule has 12 heavy (non-hydrogen) atoms. The Hall–Kier alpha value is -0.520. The fourth-order valence-electron chi connectivity index (χ4n) is 0.939. The van der Waals surface area contributed by atoms with Gasteiger partial charge in [-0.3, -0.25) is 0 Å². The van der Waals surface area contributed by atoms with E-state index in [1.54, 1.807) is 0 Å². The van der Waals surface area contributed by atoms with Crippen molar-refractivity contribution < 1.29 is 0 Å². The second kappa shape index (κ2) is 4.49. The van der Waals surface area contributed by atoms with Gasteiger partial charge in [0.2, 0.25) is 0 Å². The summed E-state index contributed by atoms with van der Waals surface area (Å²) in [5.74, 6) is 0. The lowest BCUT2D eigenvalue weighted by Crippen LogP contribution is -2.06. The van der Waals surface area contributed by atoms with Crippen molar-refractivity contribution in [3.05, 3.63) is 23.3 Å². The van der Waals surface area contributed by atoms with E-state index >= 15 is 0 Å². The van der Waals surface area contributed by atoms with Crippen molar-refractivity contribution in [3.63, 3.8) is 0 Å². The lowest BCUT2D eigenvalue weighted by atomic mass is 9.86. The molecule has 0 N–H and O–H groups in total. The second-order valence-electron chi connectivity index (χ2n) is 4.43. The van der Waals surface area contributed by atoms with Gasteiger partial charge in [0.05, 0.1) is 0 Å². The quantitative estimate of drug-likeness (QED) is 0.535. The average Bonchev–Trinajstić information content (AvgIpc) is 1.85. The molecule has 0 saturated heterocycles. The average molecular weight is 166 g/mol. The first-order chi connectivity index (χ1) is 5.38. The molecule has 0 rings (SSSR count). The van der Waals surface area contributed by atoms with Crippen LogP contribution in [0, 0.1) is 5.41 Å². The number of allylic oxidation sites excluding steroid dienone is 4. The predicted molar refractivity (Wildman–Crippen MR) is 57.3 cm³/mol. The summed E-state index contributed by atoms with van der Waals surface area (Å²) in [4.78, 5) is 0. The molecule has 0 aliphatic carbocycles. The Balaban J connectivity index is 4.47. The Morgan fingerprint density at radius 3 is 2.00 bits per heavy atom. The highest BCUT2D eigenvalue weighted by atomic mass is 14.2. The summed E-state index contributed by atoms with van der Waals surface area (Å²) in [6, 6.07) is 0. The van der Waals surface area contributed by atoms with Crippen LogP contribution in [0.4, 0.5) is 0 Å². The van der Waals surface area contributed by atoms with Gasteiger partial charge in [0, 0.05) is 0 Å². The molecule has 0 aromatic carbocycles. The van der Waals surface area contributed by atoms with Gasteiger partial charge < -0.3 is 0 Å². The Morgan fingerprint density at radius 1 is 1.17 bits per heavy atom. The molecule has 0 saturated carbocycles. The van der Waals surface area contributed by atoms with Crippen molar-refractivity contribution in [3.8, 4) is 0 Å². The molecule has 0 amide bonds. The van der Waals surface area contributed by atoms with E-state index in [0.29, 0.717) is 5.41 Å². The van der Waals surface area contributed by atoms with Crippen molar-refractivity contribution in [1.82, 2.24) is 0 Å². The van der Waals surface area contributed by atoms with Crippen LogP contribution in [0.25, 0.3) is 0 Å². The van der Waals surface area contributed by atoms with Gasteiger partial charge in [-0.1, -0.05) is 51.0 Å². The molecule has 0 spiro atoms. The van der Waals surface area contributed by atoms with Crippen molar-refractivity contribution in [2.45, 2.75) is 48.0 Å². The van der Waals surface area contributed by atoms with Gasteiger partial charge in [0.15, 0.2) is 0 Å². The van der Waals surface area contributed by atoms with Crippen LogP contribution >= 0.6 is 0 Å². The predicted octanol–water partition coefficient (Wildman–Crippen LogP) is 4.34. The number of rotatable bonds is 2. The highest BCUT2D eigenvalue weighted by Gasteiger charge is 2.11. The molecule has 0 aromatic rings. The standard InChI is InChI=1S/C12H22/c1-7-8-10(2)9-11(3)12(4,5)6/h8-9H,7H2,1-6H3. The van der Waals surface area contributed by atoms with Crippen LogP contribution in [0.1, 0.15) is 48.0 Å². The maximum Gasteiger partial charge on any atom is -0.0173 e. The summed E-state index contributed by atoms with van der Waals surface area (Å²) >= 11 is 0. The normalized spacial score (nSPS) is 15.2. The smallest absolute Gasteiger partial charge is 0.0173 e. The molecule has 0 atom stereocenters. The van der Waals surface area contributed by atoms with E-state index in [1.807, 2.05) is 0 Å². The summed E-state index contributed by atoms with van der Waals surface area (Å²) in [5.41, 5.74) is 3.14. The van der Waals surface area contributed by atoms with Gasteiger partial charge in [-0.05, 0) is 25.7 Å². The van der Waals surface area contributed by atoms with Crippen LogP contribution in [-0.2, 0) is 0 Å². The second-order valence-corrected chi connectivity index (χ2v) is 4.43. The molecule has 0 bridgehead atoms. The molecule has 0 aromatic heterocycles. The maximum absolute atomic E-state index is 2.28. The summed E-state index contributed by atoms with van der Waals surface area (Å²) in [6.45, 7) is 13.3. The van der Waals surface area contributed by atoms with Crippen molar-refractivity contribution in [2.24, 2.45) is 5.41 Å². The van der Waals surface area contributed by atoms with Crippen LogP contribution < -0.4 is 0 Å². The zero-order chi connectivity index (χ0) is 9.78. The van der Waals surface area contributed by atoms with Crippen LogP contribution in [0.15, 0.2) is 23.3 Å². The molecule has 70 valence electrons. The van der Waals surface area contributed by atoms with Gasteiger partial charge in [-0.2, -0.15) is 0 Å². The first-order valence-corrected chi connectivity index (χ1v) is 4.73. The Kier molecular flexibility index (Phi) is 4.30. The summed E-state index contributed by atoms with van der Waals surface area (Å²) < 4.78 is 0. The Morgan fingerprint density at radius 2 is 1.67 bits per heavy atom. The Bertz CT molecular complexity index is 187. The third kappa shape index (κ3) is 4.38. The van der Waals surface area contributed by atoms with E-state index in [2.05, 4.69) is 53.7 Å². The highest BCUT2D eigenvalue weighted by Crippen LogP contribution is 2.25. The molecule has 0 radical (unpaired) electrons. The molecule has 0 nitrogen and oxygen atoms in total. The van der Waals surface area contributed by atoms with Crippen molar-refractivity contribution >= 4 is 0 Å². The monoisotopic (exact) mass is 166 g/mol. The van der Waals surface area contributed by atoms with Crippen LogP contribution in [0.5, 0.6) is 0 Å². The topological polar surface area (TPSA) is 0 Å². The number of hydrogen-bond donors (Lipinski definition) is 0.